The second-order valence-corrected chi connectivity index (χ2v) is 2.77. The highest BCUT2D eigenvalue weighted by molar-refractivity contribution is 4.83. The normalized spacial score (nSPS) is 9.30. The molecule has 1 nitrogen and oxygen atoms in total. The maximum Gasteiger partial charge on any atom is 0.140 e. The Balaban J connectivity index is 0. The van der Waals surface area contributed by atoms with Crippen LogP contribution < -0.4 is 17.0 Å². The molecule has 0 spiro atoms. The summed E-state index contributed by atoms with van der Waals surface area (Å²) in [6.45, 7) is 5.35. The average Bonchev–Trinajstić information content (AvgIpc) is 1.64. The van der Waals surface area contributed by atoms with Crippen molar-refractivity contribution in [3.05, 3.63) is 12.7 Å². The van der Waals surface area contributed by atoms with Gasteiger partial charge in [0, 0.05) is 0 Å². The molecule has 0 atom stereocenters. The molecule has 0 aliphatic rings. The molecular weight excluding hydrogens is 190 g/mol. The number of terminal acetylenes is 1. The summed E-state index contributed by atoms with van der Waals surface area (Å²) in [4.78, 5) is 0. The second kappa shape index (κ2) is 5.52. The van der Waals surface area contributed by atoms with E-state index >= 15 is 0 Å². The molecule has 10 heavy (non-hydrogen) atoms. The largest absolute Gasteiger partial charge is 1.00 e. The molecular formula is C8H14BrN. The zero-order chi connectivity index (χ0) is 7.33. The third kappa shape index (κ3) is 5.87. The molecule has 0 aromatic rings. The maximum absolute atomic E-state index is 5.14. The summed E-state index contributed by atoms with van der Waals surface area (Å²) in [7, 11) is 4.17. The molecule has 0 radical (unpaired) electrons. The first-order valence-electron chi connectivity index (χ1n) is 2.99. The second-order valence-electron chi connectivity index (χ2n) is 2.77. The Kier molecular flexibility index (Phi) is 6.85. The smallest absolute Gasteiger partial charge is 0.140 e. The summed E-state index contributed by atoms with van der Waals surface area (Å²) in [5.74, 6) is 2.62. The molecule has 0 aliphatic carbocycles. The third-order valence-electron chi connectivity index (χ3n) is 1.14. The van der Waals surface area contributed by atoms with Gasteiger partial charge in [-0.3, -0.25) is 0 Å². The van der Waals surface area contributed by atoms with Crippen molar-refractivity contribution in [1.82, 2.24) is 0 Å². The van der Waals surface area contributed by atoms with Gasteiger partial charge in [0.15, 0.2) is 0 Å². The van der Waals surface area contributed by atoms with Crippen molar-refractivity contribution in [2.75, 3.05) is 27.2 Å². The van der Waals surface area contributed by atoms with Crippen molar-refractivity contribution < 1.29 is 21.5 Å². The summed E-state index contributed by atoms with van der Waals surface area (Å²) in [6.07, 6.45) is 7.03. The van der Waals surface area contributed by atoms with Crippen LogP contribution in [0.1, 0.15) is 0 Å². The lowest BCUT2D eigenvalue weighted by Crippen LogP contribution is -3.00. The summed E-state index contributed by atoms with van der Waals surface area (Å²) in [5.41, 5.74) is 0. The average molecular weight is 204 g/mol. The minimum absolute atomic E-state index is 0. The van der Waals surface area contributed by atoms with E-state index in [4.69, 9.17) is 6.42 Å². The molecule has 0 unspecified atom stereocenters. The van der Waals surface area contributed by atoms with E-state index in [1.807, 2.05) is 6.08 Å². The lowest BCUT2D eigenvalue weighted by Gasteiger charge is -2.25. The van der Waals surface area contributed by atoms with E-state index in [0.717, 1.165) is 17.6 Å². The molecule has 0 heterocycles. The van der Waals surface area contributed by atoms with Crippen molar-refractivity contribution in [3.63, 3.8) is 0 Å². The van der Waals surface area contributed by atoms with Crippen LogP contribution in [0.15, 0.2) is 12.7 Å². The van der Waals surface area contributed by atoms with Gasteiger partial charge in [0.25, 0.3) is 0 Å². The molecule has 0 aromatic carbocycles. The van der Waals surface area contributed by atoms with Gasteiger partial charge in [0.1, 0.15) is 6.54 Å². The number of likely N-dealkylation sites (N-methyl/N-ethyl adjacent to an activating group) is 1. The topological polar surface area (TPSA) is 0 Å². The van der Waals surface area contributed by atoms with E-state index in [-0.39, 0.29) is 17.0 Å². The fraction of sp³-hybridized carbons (Fsp3) is 0.500. The van der Waals surface area contributed by atoms with Crippen LogP contribution in [0.25, 0.3) is 0 Å². The number of halogens is 1. The molecule has 2 heteroatoms. The fourth-order valence-electron chi connectivity index (χ4n) is 0.661. The Labute approximate surface area is 74.1 Å². The summed E-state index contributed by atoms with van der Waals surface area (Å²) < 4.78 is 0.833. The number of rotatable bonds is 3. The monoisotopic (exact) mass is 203 g/mol. The lowest BCUT2D eigenvalue weighted by atomic mass is 10.4. The fourth-order valence-corrected chi connectivity index (χ4v) is 0.661. The molecule has 0 amide bonds. The van der Waals surface area contributed by atoms with Gasteiger partial charge in [-0.05, 0) is 12.0 Å². The number of quaternary nitrogens is 1. The Morgan fingerprint density at radius 2 is 2.10 bits per heavy atom. The van der Waals surface area contributed by atoms with Gasteiger partial charge >= 0.3 is 0 Å². The zero-order valence-corrected chi connectivity index (χ0v) is 8.19. The first kappa shape index (κ1) is 12.4. The Bertz CT molecular complexity index is 133. The quantitative estimate of drug-likeness (QED) is 0.280. The van der Waals surface area contributed by atoms with E-state index < -0.39 is 0 Å². The van der Waals surface area contributed by atoms with Crippen LogP contribution in [0.2, 0.25) is 0 Å². The molecule has 0 rings (SSSR count). The molecule has 0 bridgehead atoms. The summed E-state index contributed by atoms with van der Waals surface area (Å²) >= 11 is 0. The number of hydrogen-bond donors (Lipinski definition) is 0. The minimum atomic E-state index is 0. The number of hydrogen-bond acceptors (Lipinski definition) is 0. The van der Waals surface area contributed by atoms with Crippen LogP contribution >= 0.6 is 0 Å². The summed E-state index contributed by atoms with van der Waals surface area (Å²) in [6, 6.07) is 0. The predicted molar refractivity (Wildman–Crippen MR) is 40.9 cm³/mol. The lowest BCUT2D eigenvalue weighted by molar-refractivity contribution is -0.877. The van der Waals surface area contributed by atoms with Crippen LogP contribution in [0.5, 0.6) is 0 Å². The van der Waals surface area contributed by atoms with Crippen LogP contribution in [0.4, 0.5) is 0 Å². The molecule has 0 saturated carbocycles. The Morgan fingerprint density at radius 3 is 2.40 bits per heavy atom. The van der Waals surface area contributed by atoms with Crippen molar-refractivity contribution in [1.29, 1.82) is 0 Å². The highest BCUT2D eigenvalue weighted by atomic mass is 79.9. The van der Waals surface area contributed by atoms with Crippen molar-refractivity contribution in [2.45, 2.75) is 0 Å². The van der Waals surface area contributed by atoms with Gasteiger partial charge < -0.3 is 21.5 Å². The predicted octanol–water partition coefficient (Wildman–Crippen LogP) is -2.11. The van der Waals surface area contributed by atoms with Gasteiger partial charge in [-0.25, -0.2) is 0 Å². The van der Waals surface area contributed by atoms with Crippen LogP contribution in [-0.4, -0.2) is 31.7 Å². The van der Waals surface area contributed by atoms with Crippen molar-refractivity contribution in [3.8, 4) is 12.3 Å². The maximum atomic E-state index is 5.14. The third-order valence-corrected chi connectivity index (χ3v) is 1.14. The first-order chi connectivity index (χ1) is 4.12. The molecule has 0 saturated heterocycles. The standard InChI is InChI=1S/C8H14N.BrH/c1-5-7-9(3,4)8-6-2;/h1,6H,2,7-8H2,3-4H3;1H/q+1;/p-1. The van der Waals surface area contributed by atoms with E-state index in [1.54, 1.807) is 0 Å². The first-order valence-corrected chi connectivity index (χ1v) is 2.99. The highest BCUT2D eigenvalue weighted by Crippen LogP contribution is 1.93. The Hall–Kier alpha value is -0.260. The van der Waals surface area contributed by atoms with Gasteiger partial charge in [-0.1, -0.05) is 6.58 Å². The van der Waals surface area contributed by atoms with Gasteiger partial charge in [-0.2, -0.15) is 0 Å². The molecule has 58 valence electrons. The van der Waals surface area contributed by atoms with E-state index in [1.165, 1.54) is 0 Å². The van der Waals surface area contributed by atoms with E-state index in [2.05, 4.69) is 26.6 Å². The SMILES string of the molecule is C#CC[N+](C)(C)CC=C.[Br-]. The van der Waals surface area contributed by atoms with Gasteiger partial charge in [0.05, 0.1) is 20.6 Å². The van der Waals surface area contributed by atoms with E-state index in [0.29, 0.717) is 0 Å². The Morgan fingerprint density at radius 1 is 1.60 bits per heavy atom. The molecule has 0 fully saturated rings. The van der Waals surface area contributed by atoms with Gasteiger partial charge in [-0.15, -0.1) is 6.42 Å². The zero-order valence-electron chi connectivity index (χ0n) is 6.60. The molecule has 0 aliphatic heterocycles. The highest BCUT2D eigenvalue weighted by Gasteiger charge is 2.08. The van der Waals surface area contributed by atoms with Crippen molar-refractivity contribution >= 4 is 0 Å². The van der Waals surface area contributed by atoms with Crippen LogP contribution in [-0.2, 0) is 0 Å². The molecule has 0 aromatic heterocycles. The molecule has 0 N–H and O–H groups in total. The van der Waals surface area contributed by atoms with Crippen molar-refractivity contribution in [2.24, 2.45) is 0 Å². The summed E-state index contributed by atoms with van der Waals surface area (Å²) in [5, 5.41) is 0. The van der Waals surface area contributed by atoms with Crippen LogP contribution in [0.3, 0.4) is 0 Å². The number of nitrogens with zero attached hydrogens (tertiary/aromatic N) is 1. The van der Waals surface area contributed by atoms with Gasteiger partial charge in [0.2, 0.25) is 0 Å². The minimum Gasteiger partial charge on any atom is -1.00 e. The van der Waals surface area contributed by atoms with Crippen LogP contribution in [0, 0.1) is 12.3 Å². The van der Waals surface area contributed by atoms with E-state index in [9.17, 15) is 0 Å².